The lowest BCUT2D eigenvalue weighted by atomic mass is 10.1. The molecule has 2 amide bonds. The molecule has 1 unspecified atom stereocenters. The molecule has 0 aliphatic carbocycles. The van der Waals surface area contributed by atoms with Crippen molar-refractivity contribution in [2.24, 2.45) is 5.73 Å². The summed E-state index contributed by atoms with van der Waals surface area (Å²) in [6, 6.07) is 12.9. The molecule has 0 fully saturated rings. The number of carbonyl (C=O) groups is 1. The van der Waals surface area contributed by atoms with Crippen LogP contribution in [-0.4, -0.2) is 6.03 Å². The summed E-state index contributed by atoms with van der Waals surface area (Å²) in [4.78, 5) is 11.0. The number of rotatable bonds is 1. The molecule has 4 heteroatoms. The fourth-order valence-electron chi connectivity index (χ4n) is 1.56. The van der Waals surface area contributed by atoms with Crippen LogP contribution >= 0.6 is 0 Å². The Morgan fingerprint density at radius 2 is 1.80 bits per heavy atom. The third kappa shape index (κ3) is 1.82. The van der Waals surface area contributed by atoms with Crippen molar-refractivity contribution in [2.45, 2.75) is 0 Å². The predicted molar refractivity (Wildman–Crippen MR) is 61.5 cm³/mol. The number of fused-ring (bicyclic) bond motifs is 1. The Labute approximate surface area is 93.0 Å². The summed E-state index contributed by atoms with van der Waals surface area (Å²) in [7, 11) is 0. The average molecular weight is 218 g/mol. The first-order valence-corrected chi connectivity index (χ1v) is 4.93. The van der Waals surface area contributed by atoms with E-state index in [4.69, 9.17) is 18.5 Å². The van der Waals surface area contributed by atoms with Crippen LogP contribution in [0.25, 0.3) is 10.8 Å². The van der Waals surface area contributed by atoms with Gasteiger partial charge in [-0.05, 0) is 17.5 Å². The highest BCUT2D eigenvalue weighted by Gasteiger charge is 2.10. The predicted octanol–water partition coefficient (Wildman–Crippen LogP) is 0.897. The van der Waals surface area contributed by atoms with Crippen molar-refractivity contribution in [1.82, 2.24) is 0 Å². The zero-order valence-electron chi connectivity index (χ0n) is 7.94. The van der Waals surface area contributed by atoms with E-state index in [9.17, 15) is 4.79 Å². The molecule has 0 saturated heterocycles. The number of nitrogens with two attached hydrogens (primary N) is 1. The van der Waals surface area contributed by atoms with Gasteiger partial charge in [-0.25, -0.2) is 4.79 Å². The summed E-state index contributed by atoms with van der Waals surface area (Å²) < 4.78 is 0.187. The van der Waals surface area contributed by atoms with Crippen molar-refractivity contribution < 1.29 is 9.10 Å². The average Bonchev–Trinajstić information content (AvgIpc) is 2.27. The van der Waals surface area contributed by atoms with Crippen LogP contribution < -0.4 is 10.0 Å². The third-order valence-corrected chi connectivity index (χ3v) is 2.68. The molecule has 1 atom stereocenters. The highest BCUT2D eigenvalue weighted by molar-refractivity contribution is 7.51. The molecule has 3 N–H and O–H groups in total. The van der Waals surface area contributed by atoms with Crippen LogP contribution in [0.15, 0.2) is 42.5 Å². The smallest absolute Gasteiger partial charge is 0.399 e. The van der Waals surface area contributed by atoms with Gasteiger partial charge in [0.1, 0.15) is 5.69 Å². The molecule has 15 heavy (non-hydrogen) atoms. The van der Waals surface area contributed by atoms with Crippen LogP contribution in [0.2, 0.25) is 0 Å². The van der Waals surface area contributed by atoms with Crippen LogP contribution in [0.4, 0.5) is 10.5 Å². The fourth-order valence-corrected chi connectivity index (χ4v) is 1.73. The number of nitrogens with one attached hydrogen (secondary N) is 1. The maximum atomic E-state index is 11.0. The summed E-state index contributed by atoms with van der Waals surface area (Å²) >= 11 is 5.00. The molecule has 76 valence electrons. The van der Waals surface area contributed by atoms with Crippen molar-refractivity contribution in [1.29, 1.82) is 0 Å². The molecule has 0 aromatic heterocycles. The number of amides is 2. The first kappa shape index (κ1) is 10.0. The minimum absolute atomic E-state index is 0.187. The molecule has 0 radical (unpaired) electrons. The highest BCUT2D eigenvalue weighted by atomic mass is 32.1. The zero-order valence-corrected chi connectivity index (χ0v) is 8.75. The van der Waals surface area contributed by atoms with Crippen molar-refractivity contribution in [2.75, 3.05) is 0 Å². The SMILES string of the molecule is NC(=O)[NH+]([S-])c1cccc2ccccc12. The van der Waals surface area contributed by atoms with Gasteiger partial charge in [-0.1, -0.05) is 30.3 Å². The number of carbonyl (C=O) groups excluding carboxylic acids is 1. The number of hydrogen-bond acceptors (Lipinski definition) is 2. The Hall–Kier alpha value is -1.52. The van der Waals surface area contributed by atoms with E-state index < -0.39 is 6.03 Å². The monoisotopic (exact) mass is 218 g/mol. The summed E-state index contributed by atoms with van der Waals surface area (Å²) in [5.74, 6) is 0. The van der Waals surface area contributed by atoms with Crippen molar-refractivity contribution in [3.05, 3.63) is 42.5 Å². The van der Waals surface area contributed by atoms with Crippen LogP contribution in [0, 0.1) is 0 Å². The number of quaternary nitrogens is 1. The van der Waals surface area contributed by atoms with E-state index in [1.807, 2.05) is 42.5 Å². The maximum Gasteiger partial charge on any atom is 0.399 e. The summed E-state index contributed by atoms with van der Waals surface area (Å²) in [5.41, 5.74) is 5.91. The molecular weight excluding hydrogens is 208 g/mol. The maximum absolute atomic E-state index is 11.0. The van der Waals surface area contributed by atoms with Gasteiger partial charge in [0.15, 0.2) is 0 Å². The van der Waals surface area contributed by atoms with Crippen LogP contribution in [0.3, 0.4) is 0 Å². The van der Waals surface area contributed by atoms with Crippen molar-refractivity contribution in [3.63, 3.8) is 0 Å². The van der Waals surface area contributed by atoms with Gasteiger partial charge < -0.3 is 22.9 Å². The highest BCUT2D eigenvalue weighted by Crippen LogP contribution is 2.19. The van der Waals surface area contributed by atoms with Gasteiger partial charge in [0.05, 0.1) is 0 Å². The Kier molecular flexibility index (Phi) is 2.62. The van der Waals surface area contributed by atoms with E-state index in [2.05, 4.69) is 0 Å². The fraction of sp³-hybridized carbons (Fsp3) is 0. The van der Waals surface area contributed by atoms with E-state index >= 15 is 0 Å². The molecule has 2 aromatic carbocycles. The minimum atomic E-state index is -0.554. The van der Waals surface area contributed by atoms with Gasteiger partial charge in [-0.2, -0.15) is 0 Å². The molecule has 0 aliphatic heterocycles. The van der Waals surface area contributed by atoms with Gasteiger partial charge >= 0.3 is 6.03 Å². The Balaban J connectivity index is 2.65. The number of benzene rings is 2. The zero-order chi connectivity index (χ0) is 10.8. The molecule has 0 saturated carbocycles. The van der Waals surface area contributed by atoms with E-state index in [0.29, 0.717) is 0 Å². The topological polar surface area (TPSA) is 47.5 Å². The van der Waals surface area contributed by atoms with Gasteiger partial charge in [0, 0.05) is 5.39 Å². The molecule has 2 aromatic rings. The lowest BCUT2D eigenvalue weighted by Crippen LogP contribution is -3.06. The molecule has 3 nitrogen and oxygen atoms in total. The summed E-state index contributed by atoms with van der Waals surface area (Å²) in [6.45, 7) is 0. The minimum Gasteiger partial charge on any atom is -0.479 e. The molecule has 0 bridgehead atoms. The normalized spacial score (nSPS) is 12.6. The van der Waals surface area contributed by atoms with Crippen molar-refractivity contribution in [3.8, 4) is 0 Å². The Morgan fingerprint density at radius 1 is 1.13 bits per heavy atom. The molecule has 0 heterocycles. The van der Waals surface area contributed by atoms with E-state index in [0.717, 1.165) is 16.5 Å². The van der Waals surface area contributed by atoms with Gasteiger partial charge in [0.2, 0.25) is 0 Å². The van der Waals surface area contributed by atoms with Crippen LogP contribution in [0.1, 0.15) is 0 Å². The first-order valence-electron chi connectivity index (χ1n) is 4.52. The van der Waals surface area contributed by atoms with Crippen LogP contribution in [-0.2, 0) is 12.8 Å². The van der Waals surface area contributed by atoms with E-state index in [1.54, 1.807) is 0 Å². The van der Waals surface area contributed by atoms with Crippen molar-refractivity contribution >= 4 is 35.3 Å². The van der Waals surface area contributed by atoms with Gasteiger partial charge in [-0.15, -0.1) is 0 Å². The third-order valence-electron chi connectivity index (χ3n) is 2.26. The molecule has 2 rings (SSSR count). The van der Waals surface area contributed by atoms with E-state index in [1.165, 1.54) is 0 Å². The van der Waals surface area contributed by atoms with Crippen LogP contribution in [0.5, 0.6) is 0 Å². The first-order chi connectivity index (χ1) is 7.20. The number of hydrogen-bond donors (Lipinski definition) is 2. The summed E-state index contributed by atoms with van der Waals surface area (Å²) in [6.07, 6.45) is 0. The molecular formula is C11H10N2OS. The second kappa shape index (κ2) is 3.92. The lowest BCUT2D eigenvalue weighted by Gasteiger charge is -2.19. The Bertz CT molecular complexity index is 507. The standard InChI is InChI=1S/C11H10N2OS/c12-11(14)13(15)10-7-3-5-8-4-1-2-6-9(8)10/h1-7,13H,(H2,12,14). The largest absolute Gasteiger partial charge is 0.479 e. The molecule has 0 spiro atoms. The second-order valence-corrected chi connectivity index (χ2v) is 3.63. The Morgan fingerprint density at radius 3 is 2.53 bits per heavy atom. The van der Waals surface area contributed by atoms with Gasteiger partial charge in [0.25, 0.3) is 0 Å². The lowest BCUT2D eigenvalue weighted by molar-refractivity contribution is -0.570. The van der Waals surface area contributed by atoms with Gasteiger partial charge in [-0.3, -0.25) is 0 Å². The second-order valence-electron chi connectivity index (χ2n) is 3.22. The quantitative estimate of drug-likeness (QED) is 0.699. The number of primary amides is 1. The van der Waals surface area contributed by atoms with E-state index in [-0.39, 0.29) is 4.31 Å². The molecule has 0 aliphatic rings. The number of urea groups is 1. The summed E-state index contributed by atoms with van der Waals surface area (Å²) in [5, 5.41) is 2.02.